The van der Waals surface area contributed by atoms with Crippen molar-refractivity contribution in [3.63, 3.8) is 0 Å². The second-order valence-electron chi connectivity index (χ2n) is 5.54. The topological polar surface area (TPSA) is 55.4 Å². The molecule has 3 aromatic rings. The molecular formula is C19H16FNO3S. The lowest BCUT2D eigenvalue weighted by molar-refractivity contribution is -0.129. The zero-order valence-corrected chi connectivity index (χ0v) is 14.3. The van der Waals surface area contributed by atoms with Crippen LogP contribution in [0.15, 0.2) is 54.6 Å². The molecule has 0 radical (unpaired) electrons. The van der Waals surface area contributed by atoms with Gasteiger partial charge in [0.05, 0.1) is 0 Å². The van der Waals surface area contributed by atoms with Crippen LogP contribution in [0.4, 0.5) is 4.39 Å². The summed E-state index contributed by atoms with van der Waals surface area (Å²) in [6.07, 6.45) is -0.918. The summed E-state index contributed by atoms with van der Waals surface area (Å²) in [7, 11) is 0. The van der Waals surface area contributed by atoms with Crippen molar-refractivity contribution < 1.29 is 18.7 Å². The first-order valence-electron chi connectivity index (χ1n) is 7.74. The molecule has 4 nitrogen and oxygen atoms in total. The van der Waals surface area contributed by atoms with Crippen LogP contribution in [-0.4, -0.2) is 18.0 Å². The van der Waals surface area contributed by atoms with Crippen molar-refractivity contribution in [3.05, 3.63) is 70.9 Å². The average molecular weight is 357 g/mol. The van der Waals surface area contributed by atoms with Gasteiger partial charge in [-0.2, -0.15) is 0 Å². The smallest absolute Gasteiger partial charge is 0.349 e. The third-order valence-corrected chi connectivity index (χ3v) is 4.76. The maximum atomic E-state index is 12.9. The SMILES string of the molecule is C[C@H](OC(=O)c1cc2ccccc2s1)C(=O)NCc1ccc(F)cc1. The molecule has 2 aromatic carbocycles. The third kappa shape index (κ3) is 4.22. The summed E-state index contributed by atoms with van der Waals surface area (Å²) in [4.78, 5) is 24.7. The average Bonchev–Trinajstić information content (AvgIpc) is 3.05. The van der Waals surface area contributed by atoms with Crippen LogP contribution in [0.25, 0.3) is 10.1 Å². The van der Waals surface area contributed by atoms with E-state index in [1.165, 1.54) is 30.4 Å². The molecule has 1 aromatic heterocycles. The minimum Gasteiger partial charge on any atom is -0.448 e. The predicted molar refractivity (Wildman–Crippen MR) is 94.9 cm³/mol. The summed E-state index contributed by atoms with van der Waals surface area (Å²) < 4.78 is 19.1. The lowest BCUT2D eigenvalue weighted by Crippen LogP contribution is -2.35. The minimum absolute atomic E-state index is 0.240. The highest BCUT2D eigenvalue weighted by molar-refractivity contribution is 7.20. The lowest BCUT2D eigenvalue weighted by atomic mass is 10.2. The molecule has 1 amide bonds. The van der Waals surface area contributed by atoms with Crippen LogP contribution >= 0.6 is 11.3 Å². The summed E-state index contributed by atoms with van der Waals surface area (Å²) in [6, 6.07) is 15.2. The maximum Gasteiger partial charge on any atom is 0.349 e. The van der Waals surface area contributed by atoms with Gasteiger partial charge in [-0.1, -0.05) is 30.3 Å². The molecule has 1 N–H and O–H groups in total. The number of thiophene rings is 1. The Morgan fingerprint density at radius 3 is 2.60 bits per heavy atom. The van der Waals surface area contributed by atoms with Gasteiger partial charge in [0.1, 0.15) is 10.7 Å². The number of hydrogen-bond donors (Lipinski definition) is 1. The zero-order valence-electron chi connectivity index (χ0n) is 13.5. The van der Waals surface area contributed by atoms with Crippen LogP contribution in [0.2, 0.25) is 0 Å². The standard InChI is InChI=1S/C19H16FNO3S/c1-12(18(22)21-11-13-6-8-15(20)9-7-13)24-19(23)17-10-14-4-2-3-5-16(14)25-17/h2-10,12H,11H2,1H3,(H,21,22)/t12-/m0/s1. The molecule has 0 unspecified atom stereocenters. The fraction of sp³-hybridized carbons (Fsp3) is 0.158. The van der Waals surface area contributed by atoms with Crippen LogP contribution in [-0.2, 0) is 16.1 Å². The first-order valence-corrected chi connectivity index (χ1v) is 8.56. The molecule has 1 heterocycles. The van der Waals surface area contributed by atoms with Gasteiger partial charge in [0.15, 0.2) is 6.10 Å². The number of benzene rings is 2. The van der Waals surface area contributed by atoms with E-state index in [0.717, 1.165) is 15.6 Å². The number of carbonyl (C=O) groups excluding carboxylic acids is 2. The highest BCUT2D eigenvalue weighted by atomic mass is 32.1. The van der Waals surface area contributed by atoms with Crippen molar-refractivity contribution in [2.24, 2.45) is 0 Å². The number of fused-ring (bicyclic) bond motifs is 1. The van der Waals surface area contributed by atoms with E-state index in [9.17, 15) is 14.0 Å². The second-order valence-corrected chi connectivity index (χ2v) is 6.62. The van der Waals surface area contributed by atoms with Crippen LogP contribution in [0.3, 0.4) is 0 Å². The van der Waals surface area contributed by atoms with E-state index in [0.29, 0.717) is 4.88 Å². The molecular weight excluding hydrogens is 341 g/mol. The Hall–Kier alpha value is -2.73. The molecule has 0 aliphatic heterocycles. The molecule has 1 atom stereocenters. The number of amides is 1. The molecule has 0 aliphatic rings. The highest BCUT2D eigenvalue weighted by Gasteiger charge is 2.20. The largest absolute Gasteiger partial charge is 0.448 e. The molecule has 0 aliphatic carbocycles. The summed E-state index contributed by atoms with van der Waals surface area (Å²) in [5.74, 6) is -1.26. The van der Waals surface area contributed by atoms with Crippen molar-refractivity contribution >= 4 is 33.3 Å². The fourth-order valence-corrected chi connectivity index (χ4v) is 3.24. The monoisotopic (exact) mass is 357 g/mol. The molecule has 0 saturated carbocycles. The Morgan fingerprint density at radius 2 is 1.88 bits per heavy atom. The van der Waals surface area contributed by atoms with Gasteiger partial charge in [-0.25, -0.2) is 9.18 Å². The van der Waals surface area contributed by atoms with Gasteiger partial charge in [0, 0.05) is 11.2 Å². The number of rotatable bonds is 5. The molecule has 3 rings (SSSR count). The van der Waals surface area contributed by atoms with E-state index in [1.54, 1.807) is 18.2 Å². The summed E-state index contributed by atoms with van der Waals surface area (Å²) in [5, 5.41) is 3.63. The normalized spacial score (nSPS) is 11.9. The third-order valence-electron chi connectivity index (χ3n) is 3.66. The molecule has 0 saturated heterocycles. The van der Waals surface area contributed by atoms with Crippen LogP contribution < -0.4 is 5.32 Å². The van der Waals surface area contributed by atoms with E-state index >= 15 is 0 Å². The van der Waals surface area contributed by atoms with E-state index < -0.39 is 18.0 Å². The quantitative estimate of drug-likeness (QED) is 0.705. The van der Waals surface area contributed by atoms with Crippen molar-refractivity contribution in [2.45, 2.75) is 19.6 Å². The number of nitrogens with one attached hydrogen (secondary N) is 1. The summed E-state index contributed by atoms with van der Waals surface area (Å²) in [5.41, 5.74) is 0.762. The molecule has 0 fully saturated rings. The molecule has 25 heavy (non-hydrogen) atoms. The van der Waals surface area contributed by atoms with Crippen molar-refractivity contribution in [3.8, 4) is 0 Å². The van der Waals surface area contributed by atoms with Gasteiger partial charge < -0.3 is 10.1 Å². The first kappa shape index (κ1) is 17.1. The van der Waals surface area contributed by atoms with E-state index in [4.69, 9.17) is 4.74 Å². The van der Waals surface area contributed by atoms with Crippen molar-refractivity contribution in [1.82, 2.24) is 5.32 Å². The minimum atomic E-state index is -0.918. The Morgan fingerprint density at radius 1 is 1.16 bits per heavy atom. The molecule has 0 bridgehead atoms. The van der Waals surface area contributed by atoms with Gasteiger partial charge in [0.2, 0.25) is 0 Å². The first-order chi connectivity index (χ1) is 12.0. The summed E-state index contributed by atoms with van der Waals surface area (Å²) in [6.45, 7) is 1.76. The number of esters is 1. The van der Waals surface area contributed by atoms with Crippen molar-refractivity contribution in [1.29, 1.82) is 0 Å². The van der Waals surface area contributed by atoms with Crippen molar-refractivity contribution in [2.75, 3.05) is 0 Å². The Labute approximate surface area is 148 Å². The highest BCUT2D eigenvalue weighted by Crippen LogP contribution is 2.26. The van der Waals surface area contributed by atoms with Crippen LogP contribution in [0.1, 0.15) is 22.2 Å². The Kier molecular flexibility index (Phi) is 5.09. The van der Waals surface area contributed by atoms with E-state index in [1.807, 2.05) is 24.3 Å². The number of hydrogen-bond acceptors (Lipinski definition) is 4. The van der Waals surface area contributed by atoms with Gasteiger partial charge >= 0.3 is 5.97 Å². The van der Waals surface area contributed by atoms with Crippen LogP contribution in [0.5, 0.6) is 0 Å². The van der Waals surface area contributed by atoms with E-state index in [-0.39, 0.29) is 12.4 Å². The Bertz CT molecular complexity index is 871. The number of ether oxygens (including phenoxy) is 1. The fourth-order valence-electron chi connectivity index (χ4n) is 2.29. The van der Waals surface area contributed by atoms with E-state index in [2.05, 4.69) is 5.32 Å². The van der Waals surface area contributed by atoms with Gasteiger partial charge in [-0.3, -0.25) is 4.79 Å². The summed E-state index contributed by atoms with van der Waals surface area (Å²) >= 11 is 1.33. The zero-order chi connectivity index (χ0) is 17.8. The van der Waals surface area contributed by atoms with Gasteiger partial charge in [-0.15, -0.1) is 11.3 Å². The predicted octanol–water partition coefficient (Wildman–Crippen LogP) is 3.90. The molecule has 6 heteroatoms. The number of halogens is 1. The maximum absolute atomic E-state index is 12.9. The number of carbonyl (C=O) groups is 2. The lowest BCUT2D eigenvalue weighted by Gasteiger charge is -2.13. The second kappa shape index (κ2) is 7.44. The van der Waals surface area contributed by atoms with Crippen LogP contribution in [0, 0.1) is 5.82 Å². The Balaban J connectivity index is 1.56. The molecule has 128 valence electrons. The molecule has 0 spiro atoms. The van der Waals surface area contributed by atoms with Gasteiger partial charge in [0.25, 0.3) is 5.91 Å². The van der Waals surface area contributed by atoms with Gasteiger partial charge in [-0.05, 0) is 42.1 Å².